The van der Waals surface area contributed by atoms with Crippen LogP contribution < -0.4 is 15.8 Å². The van der Waals surface area contributed by atoms with E-state index in [1.54, 1.807) is 25.1 Å². The molecule has 0 saturated heterocycles. The Labute approximate surface area is 174 Å². The van der Waals surface area contributed by atoms with Gasteiger partial charge in [-0.2, -0.15) is 13.2 Å². The summed E-state index contributed by atoms with van der Waals surface area (Å²) in [5.41, 5.74) is 0.684. The van der Waals surface area contributed by atoms with Crippen molar-refractivity contribution in [3.8, 4) is 0 Å². The fourth-order valence-electron chi connectivity index (χ4n) is 3.67. The molecule has 3 aromatic rings. The van der Waals surface area contributed by atoms with Crippen LogP contribution in [0.3, 0.4) is 0 Å². The van der Waals surface area contributed by atoms with Crippen LogP contribution in [-0.4, -0.2) is 33.6 Å². The smallest absolute Gasteiger partial charge is 0.324 e. The molecule has 0 bridgehead atoms. The van der Waals surface area contributed by atoms with Crippen molar-refractivity contribution in [2.24, 2.45) is 0 Å². The van der Waals surface area contributed by atoms with Crippen LogP contribution in [0, 0.1) is 6.92 Å². The first-order valence-corrected chi connectivity index (χ1v) is 9.39. The molecule has 0 fully saturated rings. The molecule has 2 amide bonds. The monoisotopic (exact) mass is 430 g/mol. The molecular formula is C21H17F3N4O3. The molecule has 1 aliphatic heterocycles. The maximum absolute atomic E-state index is 13.8. The minimum absolute atomic E-state index is 0.0849. The number of hydrogen-bond donors (Lipinski definition) is 1. The normalized spacial score (nSPS) is 16.6. The third-order valence-electron chi connectivity index (χ3n) is 5.14. The van der Waals surface area contributed by atoms with Crippen molar-refractivity contribution in [3.05, 3.63) is 64.7 Å². The minimum atomic E-state index is -4.85. The summed E-state index contributed by atoms with van der Waals surface area (Å²) in [5.74, 6) is -1.84. The van der Waals surface area contributed by atoms with Crippen molar-refractivity contribution in [2.75, 3.05) is 10.2 Å². The van der Waals surface area contributed by atoms with Gasteiger partial charge in [-0.25, -0.2) is 4.98 Å². The van der Waals surface area contributed by atoms with E-state index in [1.165, 1.54) is 24.3 Å². The Kier molecular flexibility index (Phi) is 5.00. The summed E-state index contributed by atoms with van der Waals surface area (Å²) in [6.45, 7) is 1.11. The van der Waals surface area contributed by atoms with E-state index in [-0.39, 0.29) is 16.8 Å². The van der Waals surface area contributed by atoms with Crippen LogP contribution in [0.25, 0.3) is 10.9 Å². The first-order chi connectivity index (χ1) is 14.7. The molecule has 0 spiro atoms. The Morgan fingerprint density at radius 3 is 2.65 bits per heavy atom. The van der Waals surface area contributed by atoms with E-state index in [0.29, 0.717) is 10.4 Å². The van der Waals surface area contributed by atoms with E-state index >= 15 is 0 Å². The van der Waals surface area contributed by atoms with Crippen LogP contribution in [0.5, 0.6) is 0 Å². The number of nitrogens with zero attached hydrogens (tertiary/aromatic N) is 3. The summed E-state index contributed by atoms with van der Waals surface area (Å²) in [6, 6.07) is 8.36. The lowest BCUT2D eigenvalue weighted by atomic mass is 10.1. The number of anilines is 2. The number of aromatic nitrogens is 2. The number of carbonyl (C=O) groups excluding carboxylic acids is 2. The van der Waals surface area contributed by atoms with Crippen LogP contribution in [0.2, 0.25) is 0 Å². The van der Waals surface area contributed by atoms with E-state index in [0.717, 1.165) is 16.5 Å². The van der Waals surface area contributed by atoms with Gasteiger partial charge in [0.25, 0.3) is 5.56 Å². The van der Waals surface area contributed by atoms with Crippen LogP contribution in [0.4, 0.5) is 24.5 Å². The first kappa shape index (κ1) is 20.6. The summed E-state index contributed by atoms with van der Waals surface area (Å²) >= 11 is 0. The number of fused-ring (bicyclic) bond motifs is 2. The molecule has 0 aliphatic carbocycles. The summed E-state index contributed by atoms with van der Waals surface area (Å²) < 4.78 is 42.4. The third-order valence-corrected chi connectivity index (χ3v) is 5.14. The van der Waals surface area contributed by atoms with Gasteiger partial charge >= 0.3 is 6.18 Å². The lowest BCUT2D eigenvalue weighted by molar-refractivity contribution is -0.158. The lowest BCUT2D eigenvalue weighted by Crippen LogP contribution is -2.51. The number of rotatable bonds is 2. The molecule has 1 atom stereocenters. The number of aryl methyl sites for hydroxylation is 1. The molecule has 160 valence electrons. The van der Waals surface area contributed by atoms with Crippen LogP contribution >= 0.6 is 0 Å². The number of benzene rings is 2. The lowest BCUT2D eigenvalue weighted by Gasteiger charge is -2.31. The average Bonchev–Trinajstić information content (AvgIpc) is 2.86. The highest BCUT2D eigenvalue weighted by Crippen LogP contribution is 2.37. The minimum Gasteiger partial charge on any atom is -0.324 e. The quantitative estimate of drug-likeness (QED) is 0.678. The van der Waals surface area contributed by atoms with Gasteiger partial charge in [0.2, 0.25) is 11.8 Å². The van der Waals surface area contributed by atoms with Crippen LogP contribution in [-0.2, 0) is 16.1 Å². The molecule has 1 unspecified atom stereocenters. The second-order valence-electron chi connectivity index (χ2n) is 7.24. The Bertz CT molecular complexity index is 1250. The first-order valence-electron chi connectivity index (χ1n) is 9.39. The molecule has 1 aliphatic rings. The van der Waals surface area contributed by atoms with E-state index < -0.39 is 42.6 Å². The molecule has 31 heavy (non-hydrogen) atoms. The van der Waals surface area contributed by atoms with Crippen molar-refractivity contribution >= 4 is 34.1 Å². The van der Waals surface area contributed by atoms with Crippen LogP contribution in [0.1, 0.15) is 12.0 Å². The van der Waals surface area contributed by atoms with Gasteiger partial charge in [-0.1, -0.05) is 24.3 Å². The SMILES string of the molecule is Cc1cccc2c(=O)n(CC(=O)N3c4ccccc4NC(=O)CC3C(F)(F)F)cnc12. The second kappa shape index (κ2) is 7.53. The van der Waals surface area contributed by atoms with Gasteiger partial charge < -0.3 is 5.32 Å². The van der Waals surface area contributed by atoms with Crippen molar-refractivity contribution in [1.82, 2.24) is 9.55 Å². The Hall–Kier alpha value is -3.69. The maximum atomic E-state index is 13.8. The Balaban J connectivity index is 1.78. The molecule has 7 nitrogen and oxygen atoms in total. The summed E-state index contributed by atoms with van der Waals surface area (Å²) in [4.78, 5) is 42.7. The molecule has 0 radical (unpaired) electrons. The average molecular weight is 430 g/mol. The van der Waals surface area contributed by atoms with Crippen molar-refractivity contribution < 1.29 is 22.8 Å². The highest BCUT2D eigenvalue weighted by Gasteiger charge is 2.49. The van der Waals surface area contributed by atoms with Gasteiger partial charge in [0.1, 0.15) is 12.6 Å². The zero-order valence-electron chi connectivity index (χ0n) is 16.3. The van der Waals surface area contributed by atoms with Crippen LogP contribution in [0.15, 0.2) is 53.6 Å². The number of para-hydroxylation sites is 3. The zero-order valence-corrected chi connectivity index (χ0v) is 16.3. The maximum Gasteiger partial charge on any atom is 0.409 e. The number of alkyl halides is 3. The molecule has 4 rings (SSSR count). The predicted octanol–water partition coefficient (Wildman–Crippen LogP) is 3.01. The van der Waals surface area contributed by atoms with Crippen molar-refractivity contribution in [3.63, 3.8) is 0 Å². The highest BCUT2D eigenvalue weighted by molar-refractivity contribution is 6.04. The van der Waals surface area contributed by atoms with E-state index in [1.807, 2.05) is 0 Å². The van der Waals surface area contributed by atoms with E-state index in [2.05, 4.69) is 10.3 Å². The number of hydrogen-bond acceptors (Lipinski definition) is 4. The second-order valence-corrected chi connectivity index (χ2v) is 7.24. The fourth-order valence-corrected chi connectivity index (χ4v) is 3.67. The highest BCUT2D eigenvalue weighted by atomic mass is 19.4. The van der Waals surface area contributed by atoms with Gasteiger partial charge in [-0.05, 0) is 30.7 Å². The summed E-state index contributed by atoms with van der Waals surface area (Å²) in [5, 5.41) is 2.66. The van der Waals surface area contributed by atoms with Gasteiger partial charge in [-0.3, -0.25) is 23.9 Å². The number of carbonyl (C=O) groups is 2. The Morgan fingerprint density at radius 2 is 1.90 bits per heavy atom. The molecule has 2 heterocycles. The molecule has 10 heteroatoms. The zero-order chi connectivity index (χ0) is 22.3. The fraction of sp³-hybridized carbons (Fsp3) is 0.238. The summed E-state index contributed by atoms with van der Waals surface area (Å²) in [7, 11) is 0. The molecular weight excluding hydrogens is 413 g/mol. The van der Waals surface area contributed by atoms with Crippen molar-refractivity contribution in [2.45, 2.75) is 32.1 Å². The predicted molar refractivity (Wildman–Crippen MR) is 108 cm³/mol. The van der Waals surface area contributed by atoms with E-state index in [4.69, 9.17) is 0 Å². The van der Waals surface area contributed by atoms with Gasteiger partial charge in [-0.15, -0.1) is 0 Å². The molecule has 1 N–H and O–H groups in total. The molecule has 2 aromatic carbocycles. The Morgan fingerprint density at radius 1 is 1.16 bits per heavy atom. The number of amides is 2. The number of nitrogens with one attached hydrogen (secondary N) is 1. The van der Waals surface area contributed by atoms with Gasteiger partial charge in [0, 0.05) is 0 Å². The third kappa shape index (κ3) is 3.76. The van der Waals surface area contributed by atoms with Gasteiger partial charge in [0.05, 0.1) is 35.0 Å². The van der Waals surface area contributed by atoms with Crippen molar-refractivity contribution in [1.29, 1.82) is 0 Å². The van der Waals surface area contributed by atoms with E-state index in [9.17, 15) is 27.6 Å². The summed E-state index contributed by atoms with van der Waals surface area (Å²) in [6.07, 6.45) is -4.66. The number of halogens is 3. The molecule has 1 aromatic heterocycles. The van der Waals surface area contributed by atoms with Gasteiger partial charge in [0.15, 0.2) is 0 Å². The molecule has 0 saturated carbocycles. The standard InChI is InChI=1S/C21H17F3N4O3/c1-12-5-4-6-13-19(12)25-11-27(20(13)31)10-18(30)28-15-8-3-2-7-14(15)26-17(29)9-16(28)21(22,23)24/h2-8,11,16H,9-10H2,1H3,(H,26,29). The largest absolute Gasteiger partial charge is 0.409 e. The topological polar surface area (TPSA) is 84.3 Å².